The third-order valence-electron chi connectivity index (χ3n) is 3.62. The van der Waals surface area contributed by atoms with Crippen molar-refractivity contribution in [2.45, 2.75) is 26.7 Å². The van der Waals surface area contributed by atoms with Crippen molar-refractivity contribution in [3.63, 3.8) is 0 Å². The number of thiophene rings is 1. The molecule has 0 bridgehead atoms. The molecular formula is C15H17NS. The maximum atomic E-state index is 2.34. The first-order valence-corrected chi connectivity index (χ1v) is 6.89. The highest BCUT2D eigenvalue weighted by Gasteiger charge is 2.18. The number of nitrogens with zero attached hydrogens (tertiary/aromatic N) is 1. The quantitative estimate of drug-likeness (QED) is 0.577. The van der Waals surface area contributed by atoms with Gasteiger partial charge in [-0.1, -0.05) is 32.0 Å². The van der Waals surface area contributed by atoms with Crippen molar-refractivity contribution < 1.29 is 0 Å². The van der Waals surface area contributed by atoms with E-state index in [4.69, 9.17) is 0 Å². The van der Waals surface area contributed by atoms with Gasteiger partial charge in [0, 0.05) is 28.2 Å². The van der Waals surface area contributed by atoms with Gasteiger partial charge in [-0.15, -0.1) is 11.3 Å². The maximum absolute atomic E-state index is 2.34. The molecular weight excluding hydrogens is 226 g/mol. The van der Waals surface area contributed by atoms with Gasteiger partial charge in [0.25, 0.3) is 0 Å². The second-order valence-corrected chi connectivity index (χ2v) is 6.02. The monoisotopic (exact) mass is 243 g/mol. The molecule has 0 aliphatic heterocycles. The van der Waals surface area contributed by atoms with Gasteiger partial charge in [-0.3, -0.25) is 0 Å². The molecule has 2 heterocycles. The first-order valence-electron chi connectivity index (χ1n) is 6.07. The number of fused-ring (bicyclic) bond motifs is 3. The van der Waals surface area contributed by atoms with E-state index in [0.717, 1.165) is 0 Å². The van der Waals surface area contributed by atoms with E-state index in [0.29, 0.717) is 5.92 Å². The molecule has 2 heteroatoms. The number of rotatable bonds is 1. The number of hydrogen-bond donors (Lipinski definition) is 0. The van der Waals surface area contributed by atoms with E-state index >= 15 is 0 Å². The molecule has 0 radical (unpaired) electrons. The van der Waals surface area contributed by atoms with Crippen LogP contribution in [-0.2, 0) is 7.05 Å². The molecule has 1 aromatic carbocycles. The minimum absolute atomic E-state index is 0.580. The number of aryl methyl sites for hydroxylation is 1. The average molecular weight is 243 g/mol. The molecule has 0 amide bonds. The summed E-state index contributed by atoms with van der Waals surface area (Å²) in [5, 5.41) is 2.89. The van der Waals surface area contributed by atoms with Crippen LogP contribution in [0.5, 0.6) is 0 Å². The molecule has 0 saturated heterocycles. The lowest BCUT2D eigenvalue weighted by Gasteiger charge is -2.06. The third-order valence-corrected chi connectivity index (χ3v) is 4.87. The Morgan fingerprint density at radius 2 is 1.88 bits per heavy atom. The van der Waals surface area contributed by atoms with Gasteiger partial charge in [0.15, 0.2) is 0 Å². The molecule has 0 fully saturated rings. The Balaban J connectivity index is 2.57. The number of benzene rings is 1. The van der Waals surface area contributed by atoms with Crippen molar-refractivity contribution in [3.8, 4) is 0 Å². The second kappa shape index (κ2) is 3.61. The zero-order valence-corrected chi connectivity index (χ0v) is 11.6. The summed E-state index contributed by atoms with van der Waals surface area (Å²) >= 11 is 1.90. The summed E-state index contributed by atoms with van der Waals surface area (Å²) in [5.41, 5.74) is 2.92. The summed E-state index contributed by atoms with van der Waals surface area (Å²) in [6, 6.07) is 8.74. The summed E-state index contributed by atoms with van der Waals surface area (Å²) in [5.74, 6) is 0.580. The summed E-state index contributed by atoms with van der Waals surface area (Å²) in [4.78, 5) is 1.41. The minimum Gasteiger partial charge on any atom is -0.340 e. The molecule has 1 nitrogen and oxygen atoms in total. The highest BCUT2D eigenvalue weighted by Crippen LogP contribution is 2.41. The number of hydrogen-bond acceptors (Lipinski definition) is 1. The normalized spacial score (nSPS) is 12.1. The van der Waals surface area contributed by atoms with Crippen LogP contribution in [0.3, 0.4) is 0 Å². The summed E-state index contributed by atoms with van der Waals surface area (Å²) < 4.78 is 3.74. The lowest BCUT2D eigenvalue weighted by Crippen LogP contribution is -1.94. The van der Waals surface area contributed by atoms with Crippen LogP contribution in [0.25, 0.3) is 20.3 Å². The van der Waals surface area contributed by atoms with Gasteiger partial charge in [-0.05, 0) is 24.5 Å². The third kappa shape index (κ3) is 1.37. The van der Waals surface area contributed by atoms with E-state index in [9.17, 15) is 0 Å². The van der Waals surface area contributed by atoms with Crippen LogP contribution in [0.2, 0.25) is 0 Å². The van der Waals surface area contributed by atoms with Crippen LogP contribution in [0.4, 0.5) is 0 Å². The highest BCUT2D eigenvalue weighted by atomic mass is 32.1. The molecule has 3 aromatic rings. The minimum atomic E-state index is 0.580. The van der Waals surface area contributed by atoms with Crippen molar-refractivity contribution in [1.82, 2.24) is 4.57 Å². The Kier molecular flexibility index (Phi) is 2.30. The molecule has 0 unspecified atom stereocenters. The van der Waals surface area contributed by atoms with E-state index in [1.807, 2.05) is 11.3 Å². The molecule has 2 aromatic heterocycles. The Morgan fingerprint density at radius 1 is 1.18 bits per heavy atom. The fraction of sp³-hybridized carbons (Fsp3) is 0.333. The van der Waals surface area contributed by atoms with Crippen molar-refractivity contribution in [2.24, 2.45) is 7.05 Å². The van der Waals surface area contributed by atoms with Crippen molar-refractivity contribution in [2.75, 3.05) is 0 Å². The first kappa shape index (κ1) is 10.8. The van der Waals surface area contributed by atoms with E-state index < -0.39 is 0 Å². The van der Waals surface area contributed by atoms with Crippen LogP contribution in [0, 0.1) is 6.92 Å². The van der Waals surface area contributed by atoms with E-state index in [1.165, 1.54) is 31.6 Å². The van der Waals surface area contributed by atoms with Gasteiger partial charge >= 0.3 is 0 Å². The second-order valence-electron chi connectivity index (χ2n) is 4.99. The van der Waals surface area contributed by atoms with Gasteiger partial charge in [0.1, 0.15) is 4.83 Å². The van der Waals surface area contributed by atoms with E-state index in [-0.39, 0.29) is 0 Å². The van der Waals surface area contributed by atoms with Gasteiger partial charge < -0.3 is 4.57 Å². The molecule has 17 heavy (non-hydrogen) atoms. The van der Waals surface area contributed by atoms with Gasteiger partial charge in [0.2, 0.25) is 0 Å². The van der Waals surface area contributed by atoms with Gasteiger partial charge in [0.05, 0.1) is 0 Å². The molecule has 0 atom stereocenters. The molecule has 88 valence electrons. The van der Waals surface area contributed by atoms with Crippen LogP contribution in [-0.4, -0.2) is 4.57 Å². The van der Waals surface area contributed by atoms with Crippen LogP contribution < -0.4 is 0 Å². The summed E-state index contributed by atoms with van der Waals surface area (Å²) in [6.45, 7) is 6.80. The van der Waals surface area contributed by atoms with Gasteiger partial charge in [-0.2, -0.15) is 0 Å². The number of aromatic nitrogens is 1. The van der Waals surface area contributed by atoms with Crippen LogP contribution in [0.1, 0.15) is 31.0 Å². The molecule has 0 saturated carbocycles. The first-order chi connectivity index (χ1) is 8.11. The van der Waals surface area contributed by atoms with Crippen LogP contribution >= 0.6 is 11.3 Å². The zero-order valence-electron chi connectivity index (χ0n) is 10.7. The molecule has 0 aliphatic rings. The molecule has 0 spiro atoms. The topological polar surface area (TPSA) is 4.93 Å². The fourth-order valence-electron chi connectivity index (χ4n) is 2.75. The van der Waals surface area contributed by atoms with E-state index in [1.54, 1.807) is 0 Å². The smallest absolute Gasteiger partial charge is 0.104 e. The SMILES string of the molecule is Cc1c(C(C)C)c2c3ccccc3sc2n1C. The Morgan fingerprint density at radius 3 is 2.59 bits per heavy atom. The lowest BCUT2D eigenvalue weighted by atomic mass is 9.99. The Hall–Kier alpha value is -1.28. The van der Waals surface area contributed by atoms with Gasteiger partial charge in [-0.25, -0.2) is 0 Å². The largest absolute Gasteiger partial charge is 0.340 e. The predicted molar refractivity (Wildman–Crippen MR) is 77.1 cm³/mol. The molecule has 0 N–H and O–H groups in total. The van der Waals surface area contributed by atoms with Crippen molar-refractivity contribution >= 4 is 31.6 Å². The standard InChI is InChI=1S/C15H17NS/c1-9(2)13-10(3)16(4)15-14(13)11-7-5-6-8-12(11)17-15/h5-9H,1-4H3. The Labute approximate surface area is 106 Å². The van der Waals surface area contributed by atoms with Crippen molar-refractivity contribution in [1.29, 1.82) is 0 Å². The highest BCUT2D eigenvalue weighted by molar-refractivity contribution is 7.25. The van der Waals surface area contributed by atoms with Crippen molar-refractivity contribution in [3.05, 3.63) is 35.5 Å². The summed E-state index contributed by atoms with van der Waals surface area (Å²) in [6.07, 6.45) is 0. The average Bonchev–Trinajstić information content (AvgIpc) is 2.77. The Bertz CT molecular complexity index is 700. The predicted octanol–water partition coefficient (Wildman–Crippen LogP) is 4.82. The molecule has 3 rings (SSSR count). The molecule has 0 aliphatic carbocycles. The fourth-order valence-corrected chi connectivity index (χ4v) is 3.98. The van der Waals surface area contributed by atoms with Crippen LogP contribution in [0.15, 0.2) is 24.3 Å². The lowest BCUT2D eigenvalue weighted by molar-refractivity contribution is 0.830. The maximum Gasteiger partial charge on any atom is 0.104 e. The van der Waals surface area contributed by atoms with E-state index in [2.05, 4.69) is 56.7 Å². The summed E-state index contributed by atoms with van der Waals surface area (Å²) in [7, 11) is 2.18. The zero-order chi connectivity index (χ0) is 12.2.